The zero-order valence-electron chi connectivity index (χ0n) is 12.5. The summed E-state index contributed by atoms with van der Waals surface area (Å²) in [4.78, 5) is 12.3. The van der Waals surface area contributed by atoms with Crippen LogP contribution in [0.1, 0.15) is 21.5 Å². The smallest absolute Gasteiger partial charge is 0.255 e. The van der Waals surface area contributed by atoms with Crippen LogP contribution in [0.4, 0.5) is 5.69 Å². The minimum atomic E-state index is -0.143. The molecule has 0 unspecified atom stereocenters. The van der Waals surface area contributed by atoms with Crippen molar-refractivity contribution in [2.75, 3.05) is 19.5 Å². The highest BCUT2D eigenvalue weighted by Gasteiger charge is 2.08. The van der Waals surface area contributed by atoms with Crippen molar-refractivity contribution in [3.63, 3.8) is 0 Å². The first kappa shape index (κ1) is 15.1. The van der Waals surface area contributed by atoms with E-state index in [-0.39, 0.29) is 5.91 Å². The molecule has 21 heavy (non-hydrogen) atoms. The summed E-state index contributed by atoms with van der Waals surface area (Å²) in [6.45, 7) is 2.43. The zero-order valence-corrected chi connectivity index (χ0v) is 12.5. The summed E-state index contributed by atoms with van der Waals surface area (Å²) in [7, 11) is 3.26. The zero-order chi connectivity index (χ0) is 15.2. The van der Waals surface area contributed by atoms with Gasteiger partial charge in [-0.2, -0.15) is 0 Å². The van der Waals surface area contributed by atoms with Gasteiger partial charge in [-0.3, -0.25) is 4.79 Å². The molecule has 110 valence electrons. The normalized spacial score (nSPS) is 10.2. The molecule has 0 fully saturated rings. The number of hydrogen-bond acceptors (Lipinski definition) is 3. The van der Waals surface area contributed by atoms with Crippen LogP contribution in [-0.2, 0) is 11.3 Å². The monoisotopic (exact) mass is 285 g/mol. The second kappa shape index (κ2) is 6.90. The van der Waals surface area contributed by atoms with Gasteiger partial charge in [-0.15, -0.1) is 0 Å². The van der Waals surface area contributed by atoms with Crippen LogP contribution in [-0.4, -0.2) is 20.1 Å². The molecule has 1 amide bonds. The Balaban J connectivity index is 2.14. The molecule has 0 aliphatic heterocycles. The molecule has 0 heterocycles. The van der Waals surface area contributed by atoms with E-state index >= 15 is 0 Å². The maximum atomic E-state index is 12.3. The summed E-state index contributed by atoms with van der Waals surface area (Å²) in [5, 5.41) is 2.89. The van der Waals surface area contributed by atoms with Gasteiger partial charge < -0.3 is 14.8 Å². The molecule has 0 bridgehead atoms. The number of rotatable bonds is 5. The number of carbonyl (C=O) groups is 1. The van der Waals surface area contributed by atoms with Gasteiger partial charge in [-0.05, 0) is 48.4 Å². The fraction of sp³-hybridized carbons (Fsp3) is 0.235. The van der Waals surface area contributed by atoms with Crippen molar-refractivity contribution in [1.82, 2.24) is 0 Å². The van der Waals surface area contributed by atoms with Gasteiger partial charge in [0.1, 0.15) is 5.75 Å². The number of benzene rings is 2. The van der Waals surface area contributed by atoms with E-state index in [1.807, 2.05) is 37.3 Å². The van der Waals surface area contributed by atoms with Crippen molar-refractivity contribution in [2.24, 2.45) is 0 Å². The molecule has 2 rings (SSSR count). The van der Waals surface area contributed by atoms with Crippen LogP contribution in [0.2, 0.25) is 0 Å². The molecule has 0 aliphatic carbocycles. The number of carbonyl (C=O) groups excluding carboxylic acids is 1. The highest BCUT2D eigenvalue weighted by atomic mass is 16.5. The first-order valence-corrected chi connectivity index (χ1v) is 6.68. The Hall–Kier alpha value is -2.33. The van der Waals surface area contributed by atoms with Crippen LogP contribution in [0.5, 0.6) is 5.75 Å². The van der Waals surface area contributed by atoms with E-state index < -0.39 is 0 Å². The summed E-state index contributed by atoms with van der Waals surface area (Å²) in [5.41, 5.74) is 3.30. The summed E-state index contributed by atoms with van der Waals surface area (Å²) in [6.07, 6.45) is 0. The van der Waals surface area contributed by atoms with E-state index in [2.05, 4.69) is 5.32 Å². The van der Waals surface area contributed by atoms with E-state index in [1.54, 1.807) is 26.4 Å². The second-order valence-electron chi connectivity index (χ2n) is 4.77. The molecule has 0 saturated heterocycles. The van der Waals surface area contributed by atoms with Gasteiger partial charge >= 0.3 is 0 Å². The number of aryl methyl sites for hydroxylation is 1. The molecular formula is C17H19NO3. The maximum Gasteiger partial charge on any atom is 0.255 e. The SMILES string of the molecule is COCc1cccc(NC(=O)c2ccc(OC)c(C)c2)c1. The Morgan fingerprint density at radius 2 is 1.95 bits per heavy atom. The first-order valence-electron chi connectivity index (χ1n) is 6.68. The van der Waals surface area contributed by atoms with Crippen LogP contribution in [0.25, 0.3) is 0 Å². The first-order chi connectivity index (χ1) is 10.1. The average molecular weight is 285 g/mol. The second-order valence-corrected chi connectivity index (χ2v) is 4.77. The predicted molar refractivity (Wildman–Crippen MR) is 82.8 cm³/mol. The molecule has 0 radical (unpaired) electrons. The lowest BCUT2D eigenvalue weighted by atomic mass is 10.1. The number of amides is 1. The third-order valence-corrected chi connectivity index (χ3v) is 3.15. The van der Waals surface area contributed by atoms with E-state index in [1.165, 1.54) is 0 Å². The highest BCUT2D eigenvalue weighted by Crippen LogP contribution is 2.19. The summed E-state index contributed by atoms with van der Waals surface area (Å²) in [6, 6.07) is 13.0. The van der Waals surface area contributed by atoms with Crippen LogP contribution in [0.15, 0.2) is 42.5 Å². The van der Waals surface area contributed by atoms with E-state index in [4.69, 9.17) is 9.47 Å². The Kier molecular flexibility index (Phi) is 4.95. The lowest BCUT2D eigenvalue weighted by Crippen LogP contribution is -2.12. The maximum absolute atomic E-state index is 12.3. The van der Waals surface area contributed by atoms with Crippen molar-refractivity contribution in [1.29, 1.82) is 0 Å². The topological polar surface area (TPSA) is 47.6 Å². The van der Waals surface area contributed by atoms with Crippen LogP contribution >= 0.6 is 0 Å². The molecule has 0 aromatic heterocycles. The number of methoxy groups -OCH3 is 2. The van der Waals surface area contributed by atoms with Gasteiger partial charge in [0.05, 0.1) is 13.7 Å². The molecule has 0 spiro atoms. The quantitative estimate of drug-likeness (QED) is 0.916. The van der Waals surface area contributed by atoms with Gasteiger partial charge in [-0.25, -0.2) is 0 Å². The molecule has 2 aromatic carbocycles. The van der Waals surface area contributed by atoms with Crippen LogP contribution < -0.4 is 10.1 Å². The lowest BCUT2D eigenvalue weighted by Gasteiger charge is -2.09. The number of nitrogens with one attached hydrogen (secondary N) is 1. The number of anilines is 1. The minimum absolute atomic E-state index is 0.143. The molecule has 4 nitrogen and oxygen atoms in total. The summed E-state index contributed by atoms with van der Waals surface area (Å²) in [5.74, 6) is 0.629. The van der Waals surface area contributed by atoms with Crippen molar-refractivity contribution in [3.05, 3.63) is 59.2 Å². The molecule has 0 aliphatic rings. The van der Waals surface area contributed by atoms with Crippen molar-refractivity contribution >= 4 is 11.6 Å². The van der Waals surface area contributed by atoms with Crippen molar-refractivity contribution < 1.29 is 14.3 Å². The van der Waals surface area contributed by atoms with Crippen molar-refractivity contribution in [3.8, 4) is 5.75 Å². The van der Waals surface area contributed by atoms with Crippen LogP contribution in [0.3, 0.4) is 0 Å². The fourth-order valence-electron chi connectivity index (χ4n) is 2.13. The van der Waals surface area contributed by atoms with Gasteiger partial charge in [0.25, 0.3) is 5.91 Å². The van der Waals surface area contributed by atoms with Gasteiger partial charge in [0.15, 0.2) is 0 Å². The van der Waals surface area contributed by atoms with Gasteiger partial charge in [0.2, 0.25) is 0 Å². The molecule has 4 heteroatoms. The minimum Gasteiger partial charge on any atom is -0.496 e. The Morgan fingerprint density at radius 1 is 1.14 bits per heavy atom. The molecule has 1 N–H and O–H groups in total. The van der Waals surface area contributed by atoms with Gasteiger partial charge in [-0.1, -0.05) is 12.1 Å². The van der Waals surface area contributed by atoms with E-state index in [0.717, 1.165) is 22.6 Å². The Labute approximate surface area is 124 Å². The number of hydrogen-bond donors (Lipinski definition) is 1. The molecular weight excluding hydrogens is 266 g/mol. The lowest BCUT2D eigenvalue weighted by molar-refractivity contribution is 0.102. The van der Waals surface area contributed by atoms with Crippen molar-refractivity contribution in [2.45, 2.75) is 13.5 Å². The highest BCUT2D eigenvalue weighted by molar-refractivity contribution is 6.04. The summed E-state index contributed by atoms with van der Waals surface area (Å²) >= 11 is 0. The van der Waals surface area contributed by atoms with Crippen LogP contribution in [0, 0.1) is 6.92 Å². The molecule has 2 aromatic rings. The largest absolute Gasteiger partial charge is 0.496 e. The fourth-order valence-corrected chi connectivity index (χ4v) is 2.13. The van der Waals surface area contributed by atoms with E-state index in [9.17, 15) is 4.79 Å². The Morgan fingerprint density at radius 3 is 2.62 bits per heavy atom. The predicted octanol–water partition coefficient (Wildman–Crippen LogP) is 3.40. The average Bonchev–Trinajstić information content (AvgIpc) is 2.48. The Bertz CT molecular complexity index is 638. The molecule has 0 saturated carbocycles. The third-order valence-electron chi connectivity index (χ3n) is 3.15. The van der Waals surface area contributed by atoms with E-state index in [0.29, 0.717) is 12.2 Å². The van der Waals surface area contributed by atoms with Gasteiger partial charge in [0, 0.05) is 18.4 Å². The number of ether oxygens (including phenoxy) is 2. The summed E-state index contributed by atoms with van der Waals surface area (Å²) < 4.78 is 10.3. The standard InChI is InChI=1S/C17H19NO3/c1-12-9-14(7-8-16(12)21-3)17(19)18-15-6-4-5-13(10-15)11-20-2/h4-10H,11H2,1-3H3,(H,18,19). The third kappa shape index (κ3) is 3.83. The molecule has 0 atom stereocenters.